The van der Waals surface area contributed by atoms with Crippen molar-refractivity contribution in [1.29, 1.82) is 0 Å². The summed E-state index contributed by atoms with van der Waals surface area (Å²) in [6.07, 6.45) is 0. The van der Waals surface area contributed by atoms with Gasteiger partial charge in [0, 0.05) is 13.1 Å². The van der Waals surface area contributed by atoms with Crippen molar-refractivity contribution in [3.8, 4) is 5.75 Å². The molecule has 90 valence electrons. The lowest BCUT2D eigenvalue weighted by atomic mass is 9.97. The monoisotopic (exact) mass is 241 g/mol. The van der Waals surface area contributed by atoms with Gasteiger partial charge >= 0.3 is 0 Å². The van der Waals surface area contributed by atoms with E-state index in [2.05, 4.69) is 26.1 Å². The van der Waals surface area contributed by atoms with Crippen molar-refractivity contribution in [2.45, 2.75) is 27.3 Å². The van der Waals surface area contributed by atoms with Crippen molar-refractivity contribution in [3.05, 3.63) is 28.8 Å². The van der Waals surface area contributed by atoms with Crippen LogP contribution >= 0.6 is 11.6 Å². The van der Waals surface area contributed by atoms with Crippen LogP contribution in [0.3, 0.4) is 0 Å². The Morgan fingerprint density at radius 1 is 1.31 bits per heavy atom. The molecule has 1 aromatic rings. The number of halogens is 1. The molecule has 0 saturated carbocycles. The highest BCUT2D eigenvalue weighted by molar-refractivity contribution is 6.32. The summed E-state index contributed by atoms with van der Waals surface area (Å²) in [5.74, 6) is 0.723. The minimum Gasteiger partial charge on any atom is -0.495 e. The highest BCUT2D eigenvalue weighted by Gasteiger charge is 2.09. The number of methoxy groups -OCH3 is 1. The molecule has 3 heteroatoms. The first-order valence-corrected chi connectivity index (χ1v) is 5.83. The summed E-state index contributed by atoms with van der Waals surface area (Å²) in [7, 11) is 1.62. The van der Waals surface area contributed by atoms with Crippen molar-refractivity contribution < 1.29 is 4.74 Å². The predicted octanol–water partition coefficient (Wildman–Crippen LogP) is 3.48. The molecule has 0 unspecified atom stereocenters. The third-order valence-corrected chi connectivity index (χ3v) is 2.50. The minimum atomic E-state index is 0.302. The maximum Gasteiger partial charge on any atom is 0.137 e. The smallest absolute Gasteiger partial charge is 0.137 e. The van der Waals surface area contributed by atoms with Crippen LogP contribution < -0.4 is 10.1 Å². The number of ether oxygens (including phenoxy) is 1. The van der Waals surface area contributed by atoms with Gasteiger partial charge in [-0.1, -0.05) is 38.4 Å². The third-order valence-electron chi connectivity index (χ3n) is 2.20. The molecule has 1 aromatic carbocycles. The summed E-state index contributed by atoms with van der Waals surface area (Å²) < 4.78 is 5.11. The van der Waals surface area contributed by atoms with E-state index >= 15 is 0 Å². The van der Waals surface area contributed by atoms with Gasteiger partial charge in [-0.2, -0.15) is 0 Å². The Labute approximate surface area is 103 Å². The van der Waals surface area contributed by atoms with Crippen LogP contribution in [0.5, 0.6) is 5.75 Å². The van der Waals surface area contributed by atoms with E-state index < -0.39 is 0 Å². The van der Waals surface area contributed by atoms with Crippen LogP contribution in [0.15, 0.2) is 18.2 Å². The van der Waals surface area contributed by atoms with Gasteiger partial charge in [0.05, 0.1) is 12.1 Å². The fourth-order valence-electron chi connectivity index (χ4n) is 1.40. The zero-order valence-electron chi connectivity index (χ0n) is 10.4. The van der Waals surface area contributed by atoms with Crippen molar-refractivity contribution >= 4 is 11.6 Å². The molecule has 0 aliphatic carbocycles. The number of hydrogen-bond donors (Lipinski definition) is 1. The predicted molar refractivity (Wildman–Crippen MR) is 69.2 cm³/mol. The molecule has 0 aliphatic heterocycles. The molecule has 2 nitrogen and oxygen atoms in total. The fourth-order valence-corrected chi connectivity index (χ4v) is 1.68. The molecular weight excluding hydrogens is 222 g/mol. The molecule has 0 saturated heterocycles. The molecule has 0 spiro atoms. The molecule has 1 N–H and O–H groups in total. The van der Waals surface area contributed by atoms with Gasteiger partial charge < -0.3 is 10.1 Å². The van der Waals surface area contributed by atoms with Gasteiger partial charge in [-0.05, 0) is 23.1 Å². The Balaban J connectivity index is 2.52. The summed E-state index contributed by atoms with van der Waals surface area (Å²) >= 11 is 6.05. The van der Waals surface area contributed by atoms with Crippen LogP contribution in [0, 0.1) is 5.41 Å². The van der Waals surface area contributed by atoms with Gasteiger partial charge in [-0.3, -0.25) is 0 Å². The van der Waals surface area contributed by atoms with E-state index in [1.165, 1.54) is 5.56 Å². The van der Waals surface area contributed by atoms with E-state index in [-0.39, 0.29) is 0 Å². The first kappa shape index (κ1) is 13.3. The molecular formula is C13H20ClNO. The topological polar surface area (TPSA) is 21.3 Å². The standard InChI is InChI=1S/C13H20ClNO/c1-13(2,3)9-15-8-10-5-6-12(16-4)11(14)7-10/h5-7,15H,8-9H2,1-4H3. The molecule has 0 bridgehead atoms. The van der Waals surface area contributed by atoms with Crippen LogP contribution in [0.2, 0.25) is 5.02 Å². The SMILES string of the molecule is COc1ccc(CNCC(C)(C)C)cc1Cl. The number of hydrogen-bond acceptors (Lipinski definition) is 2. The Hall–Kier alpha value is -0.730. The largest absolute Gasteiger partial charge is 0.495 e. The van der Waals surface area contributed by atoms with E-state index in [0.29, 0.717) is 10.4 Å². The first-order valence-electron chi connectivity index (χ1n) is 5.45. The maximum absolute atomic E-state index is 6.05. The molecule has 0 heterocycles. The van der Waals surface area contributed by atoms with Gasteiger partial charge in [0.15, 0.2) is 0 Å². The maximum atomic E-state index is 6.05. The lowest BCUT2D eigenvalue weighted by Gasteiger charge is -2.18. The quantitative estimate of drug-likeness (QED) is 0.872. The van der Waals surface area contributed by atoms with E-state index in [1.807, 2.05) is 18.2 Å². The zero-order valence-corrected chi connectivity index (χ0v) is 11.2. The highest BCUT2D eigenvalue weighted by Crippen LogP contribution is 2.24. The highest BCUT2D eigenvalue weighted by atomic mass is 35.5. The fraction of sp³-hybridized carbons (Fsp3) is 0.538. The third kappa shape index (κ3) is 4.42. The number of rotatable bonds is 4. The van der Waals surface area contributed by atoms with Crippen LogP contribution in [0.4, 0.5) is 0 Å². The molecule has 0 aromatic heterocycles. The van der Waals surface area contributed by atoms with Crippen molar-refractivity contribution in [1.82, 2.24) is 5.32 Å². The van der Waals surface area contributed by atoms with E-state index in [9.17, 15) is 0 Å². The van der Waals surface area contributed by atoms with Crippen LogP contribution in [-0.2, 0) is 6.54 Å². The molecule has 0 aliphatic rings. The van der Waals surface area contributed by atoms with Gasteiger partial charge in [0.1, 0.15) is 5.75 Å². The Kier molecular flexibility index (Phi) is 4.63. The second kappa shape index (κ2) is 5.55. The van der Waals surface area contributed by atoms with Gasteiger partial charge in [-0.25, -0.2) is 0 Å². The summed E-state index contributed by atoms with van der Waals surface area (Å²) in [6.45, 7) is 8.45. The average Bonchev–Trinajstić information content (AvgIpc) is 2.16. The van der Waals surface area contributed by atoms with Gasteiger partial charge in [0.25, 0.3) is 0 Å². The lowest BCUT2D eigenvalue weighted by molar-refractivity contribution is 0.379. The molecule has 16 heavy (non-hydrogen) atoms. The Morgan fingerprint density at radius 2 is 2.00 bits per heavy atom. The lowest BCUT2D eigenvalue weighted by Crippen LogP contribution is -2.26. The number of nitrogens with one attached hydrogen (secondary N) is 1. The van der Waals surface area contributed by atoms with E-state index in [1.54, 1.807) is 7.11 Å². The molecule has 0 radical (unpaired) electrons. The Morgan fingerprint density at radius 3 is 2.50 bits per heavy atom. The normalized spacial score (nSPS) is 11.6. The summed E-state index contributed by atoms with van der Waals surface area (Å²) in [5.41, 5.74) is 1.48. The summed E-state index contributed by atoms with van der Waals surface area (Å²) in [6, 6.07) is 5.87. The van der Waals surface area contributed by atoms with Crippen LogP contribution in [-0.4, -0.2) is 13.7 Å². The summed E-state index contributed by atoms with van der Waals surface area (Å²) in [5, 5.41) is 4.07. The average molecular weight is 242 g/mol. The van der Waals surface area contributed by atoms with Crippen molar-refractivity contribution in [2.75, 3.05) is 13.7 Å². The van der Waals surface area contributed by atoms with Crippen LogP contribution in [0.25, 0.3) is 0 Å². The van der Waals surface area contributed by atoms with Crippen molar-refractivity contribution in [3.63, 3.8) is 0 Å². The molecule has 0 amide bonds. The van der Waals surface area contributed by atoms with E-state index in [4.69, 9.17) is 16.3 Å². The van der Waals surface area contributed by atoms with Gasteiger partial charge in [0.2, 0.25) is 0 Å². The second-order valence-corrected chi connectivity index (χ2v) is 5.54. The van der Waals surface area contributed by atoms with Gasteiger partial charge in [-0.15, -0.1) is 0 Å². The first-order chi connectivity index (χ1) is 7.42. The molecule has 0 atom stereocenters. The van der Waals surface area contributed by atoms with E-state index in [0.717, 1.165) is 18.8 Å². The summed E-state index contributed by atoms with van der Waals surface area (Å²) in [4.78, 5) is 0. The number of benzene rings is 1. The zero-order chi connectivity index (χ0) is 12.2. The molecule has 0 fully saturated rings. The second-order valence-electron chi connectivity index (χ2n) is 5.13. The van der Waals surface area contributed by atoms with Crippen LogP contribution in [0.1, 0.15) is 26.3 Å². The minimum absolute atomic E-state index is 0.302. The molecule has 1 rings (SSSR count). The Bertz CT molecular complexity index is 344. The van der Waals surface area contributed by atoms with Crippen molar-refractivity contribution in [2.24, 2.45) is 5.41 Å².